The van der Waals surface area contributed by atoms with Crippen molar-refractivity contribution in [2.24, 2.45) is 5.92 Å². The Kier molecular flexibility index (Phi) is 6.66. The Morgan fingerprint density at radius 1 is 1.23 bits per heavy atom. The van der Waals surface area contributed by atoms with E-state index >= 15 is 0 Å². The number of nitrogens with one attached hydrogen (secondary N) is 1. The van der Waals surface area contributed by atoms with Crippen LogP contribution in [0, 0.1) is 11.7 Å². The average Bonchev–Trinajstić information content (AvgIpc) is 3.41. The summed E-state index contributed by atoms with van der Waals surface area (Å²) in [4.78, 5) is 30.7. The van der Waals surface area contributed by atoms with Gasteiger partial charge in [0.15, 0.2) is 5.82 Å². The second-order valence-electron chi connectivity index (χ2n) is 8.21. The maximum atomic E-state index is 13.7. The van der Waals surface area contributed by atoms with Crippen molar-refractivity contribution in [1.82, 2.24) is 14.9 Å². The van der Waals surface area contributed by atoms with Gasteiger partial charge in [0.05, 0.1) is 25.3 Å². The first kappa shape index (κ1) is 24.5. The number of rotatable bonds is 4. The molecule has 3 aromatic rings. The Labute approximate surface area is 196 Å². The summed E-state index contributed by atoms with van der Waals surface area (Å²) in [6.07, 6.45) is -0.994. The molecule has 8 nitrogen and oxygen atoms in total. The van der Waals surface area contributed by atoms with E-state index in [2.05, 4.69) is 9.97 Å². The van der Waals surface area contributed by atoms with Gasteiger partial charge in [-0.25, -0.2) is 14.2 Å². The Balaban J connectivity index is 0.000000364. The summed E-state index contributed by atoms with van der Waals surface area (Å²) in [6, 6.07) is 10.6. The van der Waals surface area contributed by atoms with Crippen LogP contribution in [-0.4, -0.2) is 69.9 Å². The van der Waals surface area contributed by atoms with Crippen LogP contribution in [0.25, 0.3) is 10.9 Å². The van der Waals surface area contributed by atoms with E-state index in [-0.39, 0.29) is 17.7 Å². The van der Waals surface area contributed by atoms with E-state index in [4.69, 9.17) is 19.4 Å². The van der Waals surface area contributed by atoms with E-state index in [0.717, 1.165) is 17.3 Å². The van der Waals surface area contributed by atoms with E-state index in [9.17, 15) is 22.4 Å². The van der Waals surface area contributed by atoms with Crippen molar-refractivity contribution in [3.8, 4) is 5.88 Å². The highest BCUT2D eigenvalue weighted by molar-refractivity contribution is 6.07. The molecule has 12 heteroatoms. The first-order chi connectivity index (χ1) is 16.6. The highest BCUT2D eigenvalue weighted by atomic mass is 19.4. The third kappa shape index (κ3) is 5.06. The molecule has 0 bridgehead atoms. The van der Waals surface area contributed by atoms with Crippen LogP contribution in [0.4, 0.5) is 17.6 Å². The van der Waals surface area contributed by atoms with E-state index in [1.54, 1.807) is 11.1 Å². The number of hydrogen-bond donors (Lipinski definition) is 2. The Morgan fingerprint density at radius 3 is 2.63 bits per heavy atom. The van der Waals surface area contributed by atoms with Crippen molar-refractivity contribution in [2.45, 2.75) is 18.2 Å². The lowest BCUT2D eigenvalue weighted by atomic mass is 9.81. The Bertz CT molecular complexity index is 1220. The molecule has 2 aliphatic rings. The SMILES string of the molecule is O=C(O)C(F)(F)F.O=C(c1c[nH]c2ccccc12)N1CC2(C1)OCCC2COc1ncccc1F. The molecule has 35 heavy (non-hydrogen) atoms. The first-order valence-electron chi connectivity index (χ1n) is 10.6. The second-order valence-corrected chi connectivity index (χ2v) is 8.21. The number of carbonyl (C=O) groups excluding carboxylic acids is 1. The number of aromatic nitrogens is 2. The van der Waals surface area contributed by atoms with Crippen LogP contribution in [0.15, 0.2) is 48.8 Å². The lowest BCUT2D eigenvalue weighted by Crippen LogP contribution is -2.66. The van der Waals surface area contributed by atoms with E-state index in [0.29, 0.717) is 31.9 Å². The number of ether oxygens (including phenoxy) is 2. The third-order valence-corrected chi connectivity index (χ3v) is 6.01. The van der Waals surface area contributed by atoms with Gasteiger partial charge < -0.3 is 24.5 Å². The number of pyridine rings is 1. The van der Waals surface area contributed by atoms with Crippen LogP contribution >= 0.6 is 0 Å². The maximum absolute atomic E-state index is 13.7. The minimum Gasteiger partial charge on any atom is -0.475 e. The van der Waals surface area contributed by atoms with Gasteiger partial charge in [-0.3, -0.25) is 4.79 Å². The van der Waals surface area contributed by atoms with Gasteiger partial charge in [-0.15, -0.1) is 0 Å². The molecule has 2 aromatic heterocycles. The zero-order valence-electron chi connectivity index (χ0n) is 18.2. The van der Waals surface area contributed by atoms with Crippen molar-refractivity contribution in [3.05, 3.63) is 60.2 Å². The fourth-order valence-corrected chi connectivity index (χ4v) is 4.19. The number of carboxylic acid groups (broad SMARTS) is 1. The molecule has 2 aliphatic heterocycles. The molecule has 1 atom stereocenters. The van der Waals surface area contributed by atoms with Crippen molar-refractivity contribution in [1.29, 1.82) is 0 Å². The molecule has 186 valence electrons. The number of benzene rings is 1. The molecule has 1 aromatic carbocycles. The third-order valence-electron chi connectivity index (χ3n) is 6.01. The van der Waals surface area contributed by atoms with Gasteiger partial charge in [0.25, 0.3) is 5.91 Å². The normalized spacial score (nSPS) is 18.6. The molecule has 5 rings (SSSR count). The summed E-state index contributed by atoms with van der Waals surface area (Å²) in [5, 5.41) is 8.05. The van der Waals surface area contributed by atoms with Gasteiger partial charge in [0.2, 0.25) is 5.88 Å². The van der Waals surface area contributed by atoms with Crippen molar-refractivity contribution in [3.63, 3.8) is 0 Å². The smallest absolute Gasteiger partial charge is 0.475 e. The van der Waals surface area contributed by atoms with Crippen molar-refractivity contribution < 1.29 is 41.7 Å². The molecule has 4 heterocycles. The largest absolute Gasteiger partial charge is 0.490 e. The number of carboxylic acids is 1. The molecule has 1 amide bonds. The van der Waals surface area contributed by atoms with Crippen LogP contribution in [0.3, 0.4) is 0 Å². The summed E-state index contributed by atoms with van der Waals surface area (Å²) < 4.78 is 57.1. The van der Waals surface area contributed by atoms with Crippen molar-refractivity contribution >= 4 is 22.8 Å². The molecule has 1 spiro atoms. The van der Waals surface area contributed by atoms with Crippen LogP contribution in [0.2, 0.25) is 0 Å². The highest BCUT2D eigenvalue weighted by Crippen LogP contribution is 2.41. The molecule has 0 saturated carbocycles. The van der Waals surface area contributed by atoms with Gasteiger partial charge in [-0.2, -0.15) is 13.2 Å². The van der Waals surface area contributed by atoms with Crippen LogP contribution in [0.5, 0.6) is 5.88 Å². The summed E-state index contributed by atoms with van der Waals surface area (Å²) in [6.45, 7) is 1.98. The van der Waals surface area contributed by atoms with Gasteiger partial charge >= 0.3 is 12.1 Å². The van der Waals surface area contributed by atoms with Gasteiger partial charge in [-0.1, -0.05) is 18.2 Å². The van der Waals surface area contributed by atoms with E-state index in [1.165, 1.54) is 18.3 Å². The Hall–Kier alpha value is -3.67. The molecule has 0 aliphatic carbocycles. The zero-order valence-corrected chi connectivity index (χ0v) is 18.2. The molecule has 0 radical (unpaired) electrons. The quantitative estimate of drug-likeness (QED) is 0.536. The number of hydrogen-bond acceptors (Lipinski definition) is 5. The van der Waals surface area contributed by atoms with E-state index < -0.39 is 23.6 Å². The molecular formula is C23H21F4N3O5. The lowest BCUT2D eigenvalue weighted by Gasteiger charge is -2.50. The number of fused-ring (bicyclic) bond motifs is 1. The maximum Gasteiger partial charge on any atom is 0.490 e. The number of carbonyl (C=O) groups is 2. The number of alkyl halides is 3. The van der Waals surface area contributed by atoms with Gasteiger partial charge in [-0.05, 0) is 24.6 Å². The monoisotopic (exact) mass is 495 g/mol. The summed E-state index contributed by atoms with van der Waals surface area (Å²) >= 11 is 0. The number of H-pyrrole nitrogens is 1. The predicted octanol–water partition coefficient (Wildman–Crippen LogP) is 3.65. The number of aromatic amines is 1. The van der Waals surface area contributed by atoms with E-state index in [1.807, 2.05) is 24.3 Å². The second kappa shape index (κ2) is 9.53. The average molecular weight is 495 g/mol. The number of aliphatic carboxylic acids is 1. The van der Waals surface area contributed by atoms with Crippen molar-refractivity contribution in [2.75, 3.05) is 26.3 Å². The first-order valence-corrected chi connectivity index (χ1v) is 10.6. The fraction of sp³-hybridized carbons (Fsp3) is 0.348. The number of amides is 1. The molecule has 1 unspecified atom stereocenters. The highest BCUT2D eigenvalue weighted by Gasteiger charge is 2.55. The van der Waals surface area contributed by atoms with Crippen LogP contribution in [-0.2, 0) is 9.53 Å². The standard InChI is InChI=1S/C21H20FN3O3.C2HF3O2/c22-17-5-3-8-23-19(17)27-11-14-7-9-28-21(14)12-25(13-21)20(26)16-10-24-18-6-2-1-4-15(16)18;3-2(4,5)1(6)7/h1-6,8,10,14,24H,7,9,11-13H2;(H,6,7). The van der Waals surface area contributed by atoms with Gasteiger partial charge in [0.1, 0.15) is 5.60 Å². The minimum atomic E-state index is -5.08. The van der Waals surface area contributed by atoms with Gasteiger partial charge in [0, 0.05) is 35.8 Å². The lowest BCUT2D eigenvalue weighted by molar-refractivity contribution is -0.192. The van der Waals surface area contributed by atoms with Crippen LogP contribution < -0.4 is 4.74 Å². The number of likely N-dealkylation sites (tertiary alicyclic amines) is 1. The summed E-state index contributed by atoms with van der Waals surface area (Å²) in [5.41, 5.74) is 1.21. The molecule has 2 N–H and O–H groups in total. The number of para-hydroxylation sites is 1. The fourth-order valence-electron chi connectivity index (χ4n) is 4.19. The number of nitrogens with zero attached hydrogens (tertiary/aromatic N) is 2. The molecule has 2 fully saturated rings. The topological polar surface area (TPSA) is 105 Å². The summed E-state index contributed by atoms with van der Waals surface area (Å²) in [5.74, 6) is -3.13. The van der Waals surface area contributed by atoms with Crippen LogP contribution in [0.1, 0.15) is 16.8 Å². The predicted molar refractivity (Wildman–Crippen MR) is 114 cm³/mol. The summed E-state index contributed by atoms with van der Waals surface area (Å²) in [7, 11) is 0. The zero-order chi connectivity index (χ0) is 25.2. The Morgan fingerprint density at radius 2 is 1.94 bits per heavy atom. The molecule has 2 saturated heterocycles. The number of halogens is 4. The minimum absolute atomic E-state index is 0.00554. The molecular weight excluding hydrogens is 474 g/mol.